The molecule has 3 aromatic rings. The van der Waals surface area contributed by atoms with Gasteiger partial charge in [0.05, 0.1) is 11.8 Å². The molecule has 156 valence electrons. The molecule has 0 saturated carbocycles. The van der Waals surface area contributed by atoms with Crippen molar-refractivity contribution in [3.8, 4) is 11.4 Å². The topological polar surface area (TPSA) is 105 Å². The summed E-state index contributed by atoms with van der Waals surface area (Å²) in [5.74, 6) is 1.11. The summed E-state index contributed by atoms with van der Waals surface area (Å²) in [5.41, 5.74) is 2.91. The molecule has 0 spiro atoms. The lowest BCUT2D eigenvalue weighted by Crippen LogP contribution is -2.29. The largest absolute Gasteiger partial charge is 0.391 e. The van der Waals surface area contributed by atoms with E-state index in [1.807, 2.05) is 31.2 Å². The van der Waals surface area contributed by atoms with Crippen molar-refractivity contribution in [1.82, 2.24) is 25.0 Å². The Hall–Kier alpha value is -3.13. The number of aliphatic hydroxyl groups excluding tert-OH is 1. The first-order valence-corrected chi connectivity index (χ1v) is 10.2. The van der Waals surface area contributed by atoms with Crippen molar-refractivity contribution in [3.63, 3.8) is 0 Å². The van der Waals surface area contributed by atoms with Crippen LogP contribution in [0.2, 0.25) is 0 Å². The maximum atomic E-state index is 12.6. The van der Waals surface area contributed by atoms with Gasteiger partial charge in [0.15, 0.2) is 0 Å². The Morgan fingerprint density at radius 2 is 2.07 bits per heavy atom. The summed E-state index contributed by atoms with van der Waals surface area (Å²) < 4.78 is 5.32. The molecule has 4 rings (SSSR count). The van der Waals surface area contributed by atoms with Crippen molar-refractivity contribution in [2.45, 2.75) is 38.7 Å². The summed E-state index contributed by atoms with van der Waals surface area (Å²) in [5, 5.41) is 14.4. The summed E-state index contributed by atoms with van der Waals surface area (Å²) in [6.45, 7) is 2.93. The van der Waals surface area contributed by atoms with E-state index in [4.69, 9.17) is 4.52 Å². The highest BCUT2D eigenvalue weighted by molar-refractivity contribution is 5.76. The second-order valence-corrected chi connectivity index (χ2v) is 7.76. The molecule has 0 aliphatic carbocycles. The molecule has 1 fully saturated rings. The summed E-state index contributed by atoms with van der Waals surface area (Å²) in [7, 11) is 0. The number of amides is 1. The zero-order valence-corrected chi connectivity index (χ0v) is 16.9. The minimum Gasteiger partial charge on any atom is -0.391 e. The number of carbonyl (C=O) groups excluding carboxylic acids is 1. The second-order valence-electron chi connectivity index (χ2n) is 7.76. The van der Waals surface area contributed by atoms with E-state index in [0.29, 0.717) is 50.5 Å². The smallest absolute Gasteiger partial charge is 0.226 e. The van der Waals surface area contributed by atoms with Crippen molar-refractivity contribution < 1.29 is 14.4 Å². The number of likely N-dealkylation sites (tertiary alicyclic amines) is 1. The molecule has 2 atom stereocenters. The van der Waals surface area contributed by atoms with Crippen LogP contribution in [0.15, 0.2) is 47.4 Å². The third-order valence-electron chi connectivity index (χ3n) is 5.41. The number of β-amino-alcohol motifs (C(OH)–C–C–N with tert-alkyl or cyclic N) is 1. The number of rotatable bonds is 7. The number of aromatic nitrogens is 4. The lowest BCUT2D eigenvalue weighted by molar-refractivity contribution is -0.130. The van der Waals surface area contributed by atoms with E-state index < -0.39 is 6.10 Å². The van der Waals surface area contributed by atoms with Gasteiger partial charge in [0.1, 0.15) is 0 Å². The van der Waals surface area contributed by atoms with Crippen LogP contribution in [0.25, 0.3) is 11.4 Å². The lowest BCUT2D eigenvalue weighted by Gasteiger charge is -2.15. The lowest BCUT2D eigenvalue weighted by atomic mass is 10.0. The molecule has 0 unspecified atom stereocenters. The van der Waals surface area contributed by atoms with E-state index in [9.17, 15) is 9.90 Å². The van der Waals surface area contributed by atoms with Gasteiger partial charge in [0.2, 0.25) is 17.6 Å². The maximum Gasteiger partial charge on any atom is 0.226 e. The molecule has 0 radical (unpaired) electrons. The molecule has 0 bridgehead atoms. The fourth-order valence-electron chi connectivity index (χ4n) is 3.69. The van der Waals surface area contributed by atoms with Crippen LogP contribution in [0.3, 0.4) is 0 Å². The first kappa shape index (κ1) is 20.2. The Kier molecular flexibility index (Phi) is 6.13. The highest BCUT2D eigenvalue weighted by atomic mass is 16.5. The summed E-state index contributed by atoms with van der Waals surface area (Å²) in [4.78, 5) is 27.0. The number of carbonyl (C=O) groups is 1. The zero-order chi connectivity index (χ0) is 20.9. The predicted molar refractivity (Wildman–Crippen MR) is 109 cm³/mol. The minimum atomic E-state index is -0.538. The normalized spacial score (nSPS) is 18.7. The van der Waals surface area contributed by atoms with Crippen molar-refractivity contribution >= 4 is 5.91 Å². The van der Waals surface area contributed by atoms with Gasteiger partial charge in [0.25, 0.3) is 0 Å². The molecule has 8 nitrogen and oxygen atoms in total. The molecule has 30 heavy (non-hydrogen) atoms. The van der Waals surface area contributed by atoms with E-state index in [1.165, 1.54) is 5.56 Å². The van der Waals surface area contributed by atoms with Crippen molar-refractivity contribution in [3.05, 3.63) is 60.0 Å². The van der Waals surface area contributed by atoms with Gasteiger partial charge >= 0.3 is 0 Å². The van der Waals surface area contributed by atoms with Gasteiger partial charge in [0, 0.05) is 56.0 Å². The molecular formula is C22H25N5O3. The second kappa shape index (κ2) is 9.13. The fraction of sp³-hybridized carbons (Fsp3) is 0.409. The highest BCUT2D eigenvalue weighted by Gasteiger charge is 2.34. The van der Waals surface area contributed by atoms with E-state index in [1.54, 1.807) is 23.5 Å². The maximum absolute atomic E-state index is 12.6. The molecule has 3 heterocycles. The number of aryl methyl sites for hydroxylation is 2. The molecule has 1 aliphatic rings. The average Bonchev–Trinajstić information content (AvgIpc) is 3.36. The monoisotopic (exact) mass is 407 g/mol. The van der Waals surface area contributed by atoms with Gasteiger partial charge in [-0.05, 0) is 19.8 Å². The SMILES string of the molecule is Cc1ccc(-c2noc(CCCC(=O)N3C[C@@H](Cc4cnccn4)[C@H](O)C3)n2)cc1. The zero-order valence-electron chi connectivity index (χ0n) is 16.9. The van der Waals surface area contributed by atoms with Gasteiger partial charge in [-0.3, -0.25) is 14.8 Å². The minimum absolute atomic E-state index is 0.0151. The van der Waals surface area contributed by atoms with Crippen LogP contribution < -0.4 is 0 Å². The molecule has 1 amide bonds. The van der Waals surface area contributed by atoms with Crippen molar-refractivity contribution in [2.75, 3.05) is 13.1 Å². The quantitative estimate of drug-likeness (QED) is 0.640. The molecular weight excluding hydrogens is 382 g/mol. The average molecular weight is 407 g/mol. The number of benzene rings is 1. The first-order chi connectivity index (χ1) is 14.6. The molecule has 8 heteroatoms. The molecule has 1 saturated heterocycles. The Bertz CT molecular complexity index is 974. The fourth-order valence-corrected chi connectivity index (χ4v) is 3.69. The van der Waals surface area contributed by atoms with Gasteiger partial charge in [-0.1, -0.05) is 35.0 Å². The molecule has 1 N–H and O–H groups in total. The van der Waals surface area contributed by atoms with E-state index >= 15 is 0 Å². The van der Waals surface area contributed by atoms with Crippen LogP contribution in [0.1, 0.15) is 30.0 Å². The van der Waals surface area contributed by atoms with Crippen LogP contribution in [0.5, 0.6) is 0 Å². The standard InChI is InChI=1S/C22H25N5O3/c1-15-5-7-16(8-6-15)22-25-20(30-26-22)3-2-4-21(29)27-13-17(19(28)14-27)11-18-12-23-9-10-24-18/h5-10,12,17,19,28H,2-4,11,13-14H2,1H3/t17-,19-/m1/s1. The third kappa shape index (κ3) is 4.88. The van der Waals surface area contributed by atoms with Gasteiger partial charge in [-0.2, -0.15) is 4.98 Å². The van der Waals surface area contributed by atoms with E-state index in [2.05, 4.69) is 20.1 Å². The Labute approximate surface area is 175 Å². The first-order valence-electron chi connectivity index (χ1n) is 10.2. The Balaban J connectivity index is 1.25. The summed E-state index contributed by atoms with van der Waals surface area (Å²) >= 11 is 0. The van der Waals surface area contributed by atoms with Crippen LogP contribution in [0.4, 0.5) is 0 Å². The van der Waals surface area contributed by atoms with Gasteiger partial charge in [-0.15, -0.1) is 0 Å². The van der Waals surface area contributed by atoms with Gasteiger partial charge in [-0.25, -0.2) is 0 Å². The van der Waals surface area contributed by atoms with Gasteiger partial charge < -0.3 is 14.5 Å². The van der Waals surface area contributed by atoms with Crippen molar-refractivity contribution in [2.24, 2.45) is 5.92 Å². The van der Waals surface area contributed by atoms with E-state index in [0.717, 1.165) is 11.3 Å². The number of aliphatic hydroxyl groups is 1. The summed E-state index contributed by atoms with van der Waals surface area (Å²) in [6.07, 6.45) is 6.59. The molecule has 1 aromatic carbocycles. The van der Waals surface area contributed by atoms with Crippen LogP contribution in [-0.2, 0) is 17.6 Å². The summed E-state index contributed by atoms with van der Waals surface area (Å²) in [6, 6.07) is 7.94. The number of hydrogen-bond acceptors (Lipinski definition) is 7. The van der Waals surface area contributed by atoms with Crippen molar-refractivity contribution in [1.29, 1.82) is 0 Å². The molecule has 2 aromatic heterocycles. The predicted octanol–water partition coefficient (Wildman–Crippen LogP) is 2.22. The third-order valence-corrected chi connectivity index (χ3v) is 5.41. The van der Waals surface area contributed by atoms with Crippen LogP contribution in [0, 0.1) is 12.8 Å². The highest BCUT2D eigenvalue weighted by Crippen LogP contribution is 2.22. The molecule has 1 aliphatic heterocycles. The Morgan fingerprint density at radius 3 is 2.83 bits per heavy atom. The van der Waals surface area contributed by atoms with Crippen LogP contribution in [-0.4, -0.2) is 55.2 Å². The Morgan fingerprint density at radius 1 is 1.23 bits per heavy atom. The van der Waals surface area contributed by atoms with E-state index in [-0.39, 0.29) is 11.8 Å². The van der Waals surface area contributed by atoms with Crippen LogP contribution >= 0.6 is 0 Å². The number of nitrogens with zero attached hydrogens (tertiary/aromatic N) is 5. The number of hydrogen-bond donors (Lipinski definition) is 1.